The number of hydrogen-bond acceptors (Lipinski definition) is 3. The number of anilines is 3. The van der Waals surface area contributed by atoms with E-state index in [0.29, 0.717) is 0 Å². The second-order valence-corrected chi connectivity index (χ2v) is 11.1. The number of para-hydroxylation sites is 3. The summed E-state index contributed by atoms with van der Waals surface area (Å²) in [6.45, 7) is 0. The molecule has 8 aromatic rings. The van der Waals surface area contributed by atoms with Gasteiger partial charge in [0, 0.05) is 34.1 Å². The molecule has 1 aliphatic heterocycles. The third kappa shape index (κ3) is 3.78. The maximum atomic E-state index is 5.14. The van der Waals surface area contributed by atoms with Crippen molar-refractivity contribution in [3.8, 4) is 39.5 Å². The lowest BCUT2D eigenvalue weighted by Crippen LogP contribution is -2.16. The lowest BCUT2D eigenvalue weighted by atomic mass is 9.90. The highest BCUT2D eigenvalue weighted by Crippen LogP contribution is 2.51. The number of fused-ring (bicyclic) bond motifs is 3. The van der Waals surface area contributed by atoms with Gasteiger partial charge in [0.2, 0.25) is 0 Å². The Morgan fingerprint density at radius 2 is 1.23 bits per heavy atom. The fraction of sp³-hybridized carbons (Fsp3) is 0. The molecular weight excluding hydrogens is 536 g/mol. The SMILES string of the molecule is c1ccc(-c2cc3c4c(cccc4c2)N(c2cccc(-c4nc5ccccc5n4-c4ccccc4)c2)c2cccnc2-3)cc1. The van der Waals surface area contributed by atoms with E-state index in [2.05, 4.69) is 143 Å². The van der Waals surface area contributed by atoms with E-state index in [1.54, 1.807) is 0 Å². The van der Waals surface area contributed by atoms with Crippen molar-refractivity contribution in [2.75, 3.05) is 4.90 Å². The Balaban J connectivity index is 1.26. The van der Waals surface area contributed by atoms with Crippen molar-refractivity contribution in [1.82, 2.24) is 14.5 Å². The molecule has 0 unspecified atom stereocenters. The number of imidazole rings is 1. The Morgan fingerprint density at radius 1 is 0.500 bits per heavy atom. The topological polar surface area (TPSA) is 34.0 Å². The molecule has 0 N–H and O–H groups in total. The van der Waals surface area contributed by atoms with Crippen molar-refractivity contribution in [1.29, 1.82) is 0 Å². The highest BCUT2D eigenvalue weighted by molar-refractivity contribution is 6.14. The second-order valence-electron chi connectivity index (χ2n) is 11.1. The molecule has 0 spiro atoms. The van der Waals surface area contributed by atoms with Crippen LogP contribution in [0.5, 0.6) is 0 Å². The van der Waals surface area contributed by atoms with E-state index in [9.17, 15) is 0 Å². The molecule has 0 radical (unpaired) electrons. The van der Waals surface area contributed by atoms with Gasteiger partial charge >= 0.3 is 0 Å². The number of nitrogens with zero attached hydrogens (tertiary/aromatic N) is 4. The van der Waals surface area contributed by atoms with Crippen LogP contribution in [-0.2, 0) is 0 Å². The Morgan fingerprint density at radius 3 is 2.11 bits per heavy atom. The average Bonchev–Trinajstić information content (AvgIpc) is 3.49. The van der Waals surface area contributed by atoms with Crippen LogP contribution in [-0.4, -0.2) is 14.5 Å². The molecule has 4 nitrogen and oxygen atoms in total. The lowest BCUT2D eigenvalue weighted by molar-refractivity contribution is 1.10. The van der Waals surface area contributed by atoms with Crippen LogP contribution in [0.3, 0.4) is 0 Å². The first kappa shape index (κ1) is 24.6. The maximum Gasteiger partial charge on any atom is 0.145 e. The molecule has 206 valence electrons. The first-order chi connectivity index (χ1) is 21.8. The largest absolute Gasteiger partial charge is 0.308 e. The highest BCUT2D eigenvalue weighted by Gasteiger charge is 2.28. The molecule has 2 aromatic heterocycles. The number of hydrogen-bond donors (Lipinski definition) is 0. The van der Waals surface area contributed by atoms with Crippen LogP contribution in [0.4, 0.5) is 17.1 Å². The van der Waals surface area contributed by atoms with Crippen molar-refractivity contribution in [3.05, 3.63) is 158 Å². The molecule has 0 saturated carbocycles. The van der Waals surface area contributed by atoms with E-state index in [-0.39, 0.29) is 0 Å². The van der Waals surface area contributed by atoms with Crippen LogP contribution >= 0.6 is 0 Å². The summed E-state index contributed by atoms with van der Waals surface area (Å²) >= 11 is 0. The molecule has 3 heterocycles. The summed E-state index contributed by atoms with van der Waals surface area (Å²) in [7, 11) is 0. The summed E-state index contributed by atoms with van der Waals surface area (Å²) in [6.07, 6.45) is 1.89. The van der Waals surface area contributed by atoms with Gasteiger partial charge in [-0.2, -0.15) is 0 Å². The molecule has 0 fully saturated rings. The van der Waals surface area contributed by atoms with Gasteiger partial charge in [0.05, 0.1) is 28.1 Å². The van der Waals surface area contributed by atoms with Gasteiger partial charge in [-0.3, -0.25) is 9.55 Å². The van der Waals surface area contributed by atoms with E-state index in [4.69, 9.17) is 9.97 Å². The zero-order valence-electron chi connectivity index (χ0n) is 23.8. The highest BCUT2D eigenvalue weighted by atomic mass is 15.2. The van der Waals surface area contributed by atoms with Crippen LogP contribution in [0.25, 0.3) is 61.3 Å². The smallest absolute Gasteiger partial charge is 0.145 e. The Bertz CT molecular complexity index is 2340. The fourth-order valence-corrected chi connectivity index (χ4v) is 6.61. The molecule has 0 amide bonds. The van der Waals surface area contributed by atoms with Crippen LogP contribution in [0, 0.1) is 0 Å². The van der Waals surface area contributed by atoms with Crippen LogP contribution in [0.15, 0.2) is 158 Å². The van der Waals surface area contributed by atoms with Crippen LogP contribution in [0.1, 0.15) is 0 Å². The maximum absolute atomic E-state index is 5.14. The number of benzene rings is 6. The van der Waals surface area contributed by atoms with Crippen LogP contribution < -0.4 is 4.90 Å². The van der Waals surface area contributed by atoms with Gasteiger partial charge in [0.1, 0.15) is 5.82 Å². The van der Waals surface area contributed by atoms with Gasteiger partial charge in [-0.15, -0.1) is 0 Å². The monoisotopic (exact) mass is 562 g/mol. The first-order valence-electron chi connectivity index (χ1n) is 14.8. The van der Waals surface area contributed by atoms with Gasteiger partial charge in [-0.25, -0.2) is 4.98 Å². The standard InChI is InChI=1S/C40H26N4/c1-3-12-27(13-4-1)30-24-28-14-10-21-36-38(28)33(26-30)39-37(22-11-23-41-39)43(36)32-18-9-15-29(25-32)40-42-34-19-7-8-20-35(34)44(40)31-16-5-2-6-17-31/h1-26H. The summed E-state index contributed by atoms with van der Waals surface area (Å²) in [6, 6.07) is 53.4. The summed E-state index contributed by atoms with van der Waals surface area (Å²) < 4.78 is 2.25. The number of pyridine rings is 1. The first-order valence-corrected chi connectivity index (χ1v) is 14.8. The second kappa shape index (κ2) is 9.79. The third-order valence-corrected chi connectivity index (χ3v) is 8.52. The molecule has 44 heavy (non-hydrogen) atoms. The van der Waals surface area contributed by atoms with E-state index in [1.165, 1.54) is 21.9 Å². The molecule has 0 bridgehead atoms. The van der Waals surface area contributed by atoms with E-state index < -0.39 is 0 Å². The van der Waals surface area contributed by atoms with Crippen molar-refractivity contribution in [2.45, 2.75) is 0 Å². The van der Waals surface area contributed by atoms with Gasteiger partial charge in [0.15, 0.2) is 0 Å². The van der Waals surface area contributed by atoms with Crippen molar-refractivity contribution in [2.24, 2.45) is 0 Å². The summed E-state index contributed by atoms with van der Waals surface area (Å²) in [5, 5.41) is 2.41. The molecule has 0 atom stereocenters. The summed E-state index contributed by atoms with van der Waals surface area (Å²) in [5.41, 5.74) is 12.0. The zero-order chi connectivity index (χ0) is 29.0. The third-order valence-electron chi connectivity index (χ3n) is 8.52. The van der Waals surface area contributed by atoms with Gasteiger partial charge < -0.3 is 4.90 Å². The minimum Gasteiger partial charge on any atom is -0.308 e. The quantitative estimate of drug-likeness (QED) is 0.214. The molecule has 4 heteroatoms. The van der Waals surface area contributed by atoms with Gasteiger partial charge in [-0.1, -0.05) is 84.9 Å². The Hall–Kier alpha value is -6.00. The van der Waals surface area contributed by atoms with Crippen molar-refractivity contribution < 1.29 is 0 Å². The normalized spacial score (nSPS) is 12.0. The molecule has 1 aliphatic rings. The summed E-state index contributed by atoms with van der Waals surface area (Å²) in [4.78, 5) is 12.4. The van der Waals surface area contributed by atoms with Crippen molar-refractivity contribution in [3.63, 3.8) is 0 Å². The fourth-order valence-electron chi connectivity index (χ4n) is 6.61. The predicted molar refractivity (Wildman–Crippen MR) is 181 cm³/mol. The molecule has 6 aromatic carbocycles. The van der Waals surface area contributed by atoms with E-state index in [0.717, 1.165) is 56.4 Å². The molecule has 0 aliphatic carbocycles. The minimum atomic E-state index is 0.911. The van der Waals surface area contributed by atoms with E-state index in [1.807, 2.05) is 24.4 Å². The molecular formula is C40H26N4. The molecule has 9 rings (SSSR count). The Kier molecular flexibility index (Phi) is 5.47. The average molecular weight is 563 g/mol. The predicted octanol–water partition coefficient (Wildman–Crippen LogP) is 10.4. The lowest BCUT2D eigenvalue weighted by Gasteiger charge is -2.33. The summed E-state index contributed by atoms with van der Waals surface area (Å²) in [5.74, 6) is 0.911. The minimum absolute atomic E-state index is 0.911. The van der Waals surface area contributed by atoms with E-state index >= 15 is 0 Å². The number of rotatable bonds is 4. The zero-order valence-corrected chi connectivity index (χ0v) is 23.8. The molecule has 0 saturated heterocycles. The van der Waals surface area contributed by atoms with Gasteiger partial charge in [-0.05, 0) is 83.2 Å². The van der Waals surface area contributed by atoms with Gasteiger partial charge in [0.25, 0.3) is 0 Å². The number of aromatic nitrogens is 3. The van der Waals surface area contributed by atoms with Crippen LogP contribution in [0.2, 0.25) is 0 Å². The van der Waals surface area contributed by atoms with Crippen molar-refractivity contribution >= 4 is 38.9 Å². The Labute approximate surface area is 255 Å².